The van der Waals surface area contributed by atoms with Gasteiger partial charge in [0, 0.05) is 24.1 Å². The predicted octanol–water partition coefficient (Wildman–Crippen LogP) is 2.73. The summed E-state index contributed by atoms with van der Waals surface area (Å²) in [6.45, 7) is 5.51. The molecule has 208 valence electrons. The monoisotopic (exact) mass is 553 g/mol. The number of anilines is 1. The van der Waals surface area contributed by atoms with Crippen LogP contribution in [0.3, 0.4) is 0 Å². The van der Waals surface area contributed by atoms with Crippen LogP contribution in [0, 0.1) is 11.8 Å². The SMILES string of the molecule is CC(C)C1CCC2(CC1)CN(c1ccc(S(C)(=O)=O)cc1)C(=O)N2Cc1ccc(C(=O)NC2=NNNN2)cc1. The van der Waals surface area contributed by atoms with Crippen LogP contribution in [-0.2, 0) is 16.4 Å². The molecule has 0 radical (unpaired) electrons. The molecule has 2 heterocycles. The maximum Gasteiger partial charge on any atom is 0.325 e. The zero-order valence-corrected chi connectivity index (χ0v) is 23.2. The average Bonchev–Trinajstić information content (AvgIpc) is 3.51. The molecule has 39 heavy (non-hydrogen) atoms. The van der Waals surface area contributed by atoms with Crippen LogP contribution in [0.1, 0.15) is 55.5 Å². The first-order chi connectivity index (χ1) is 18.6. The van der Waals surface area contributed by atoms with Crippen LogP contribution in [-0.4, -0.2) is 49.6 Å². The van der Waals surface area contributed by atoms with Crippen LogP contribution in [0.4, 0.5) is 10.5 Å². The summed E-state index contributed by atoms with van der Waals surface area (Å²) in [5.74, 6) is 1.21. The van der Waals surface area contributed by atoms with Gasteiger partial charge in [-0.2, -0.15) is 0 Å². The summed E-state index contributed by atoms with van der Waals surface area (Å²) in [5.41, 5.74) is 9.51. The van der Waals surface area contributed by atoms with Crippen molar-refractivity contribution < 1.29 is 18.0 Å². The van der Waals surface area contributed by atoms with E-state index in [0.29, 0.717) is 36.2 Å². The van der Waals surface area contributed by atoms with Gasteiger partial charge < -0.3 is 4.90 Å². The molecule has 5 rings (SSSR count). The minimum Gasteiger partial charge on any atom is -0.313 e. The highest BCUT2D eigenvalue weighted by Crippen LogP contribution is 2.45. The Morgan fingerprint density at radius 3 is 2.33 bits per heavy atom. The number of hydrazone groups is 1. The Kier molecular flexibility index (Phi) is 7.25. The zero-order valence-electron chi connectivity index (χ0n) is 22.4. The van der Waals surface area contributed by atoms with Gasteiger partial charge in [0.15, 0.2) is 9.84 Å². The van der Waals surface area contributed by atoms with Crippen LogP contribution >= 0.6 is 0 Å². The second kappa shape index (κ2) is 10.5. The molecule has 3 amide bonds. The molecular weight excluding hydrogens is 518 g/mol. The number of guanidine groups is 1. The molecule has 1 spiro atoms. The lowest BCUT2D eigenvalue weighted by molar-refractivity contribution is 0.0843. The molecule has 0 unspecified atom stereocenters. The van der Waals surface area contributed by atoms with Gasteiger partial charge in [0.1, 0.15) is 0 Å². The molecule has 12 heteroatoms. The molecule has 0 aromatic heterocycles. The molecule has 1 aliphatic carbocycles. The highest BCUT2D eigenvalue weighted by Gasteiger charge is 2.51. The first kappa shape index (κ1) is 26.9. The van der Waals surface area contributed by atoms with Gasteiger partial charge in [-0.15, -0.1) is 10.6 Å². The van der Waals surface area contributed by atoms with Gasteiger partial charge in [0.2, 0.25) is 5.96 Å². The van der Waals surface area contributed by atoms with E-state index >= 15 is 0 Å². The van der Waals surface area contributed by atoms with Gasteiger partial charge >= 0.3 is 6.03 Å². The summed E-state index contributed by atoms with van der Waals surface area (Å²) in [4.78, 5) is 30.4. The summed E-state index contributed by atoms with van der Waals surface area (Å²) in [5, 5.41) is 6.50. The van der Waals surface area contributed by atoms with E-state index in [1.807, 2.05) is 17.0 Å². The molecule has 2 aromatic carbocycles. The van der Waals surface area contributed by atoms with Crippen molar-refractivity contribution in [2.75, 3.05) is 17.7 Å². The van der Waals surface area contributed by atoms with Gasteiger partial charge in [-0.1, -0.05) is 26.0 Å². The molecular formula is C27H35N7O4S. The van der Waals surface area contributed by atoms with Crippen molar-refractivity contribution in [1.29, 1.82) is 0 Å². The lowest BCUT2D eigenvalue weighted by atomic mass is 9.72. The summed E-state index contributed by atoms with van der Waals surface area (Å²) in [6.07, 6.45) is 5.12. The number of hydrogen-bond donors (Lipinski definition) is 4. The molecule has 2 aromatic rings. The van der Waals surface area contributed by atoms with E-state index in [1.165, 1.54) is 6.26 Å². The Morgan fingerprint density at radius 2 is 1.77 bits per heavy atom. The number of hydrazine groups is 2. The lowest BCUT2D eigenvalue weighted by Gasteiger charge is -2.43. The number of carbonyl (C=O) groups excluding carboxylic acids is 2. The van der Waals surface area contributed by atoms with Gasteiger partial charge in [0.05, 0.1) is 17.0 Å². The number of rotatable bonds is 6. The van der Waals surface area contributed by atoms with Crippen molar-refractivity contribution >= 4 is 33.4 Å². The van der Waals surface area contributed by atoms with Crippen molar-refractivity contribution in [3.05, 3.63) is 59.7 Å². The van der Waals surface area contributed by atoms with E-state index < -0.39 is 9.84 Å². The summed E-state index contributed by atoms with van der Waals surface area (Å²) in [6, 6.07) is 13.7. The number of urea groups is 1. The molecule has 1 saturated heterocycles. The number of carbonyl (C=O) groups is 2. The fourth-order valence-corrected chi connectivity index (χ4v) is 6.39. The Labute approximate surface area is 228 Å². The van der Waals surface area contributed by atoms with Crippen LogP contribution in [0.5, 0.6) is 0 Å². The Bertz CT molecular complexity index is 1370. The zero-order chi connectivity index (χ0) is 27.8. The fourth-order valence-electron chi connectivity index (χ4n) is 5.76. The third kappa shape index (κ3) is 5.57. The number of hydrogen-bond acceptors (Lipinski definition) is 8. The standard InChI is InChI=1S/C27H35N7O4S/c1-18(2)20-12-14-27(15-13-20)17-33(22-8-10-23(11-9-22)39(3,37)38)26(36)34(27)16-19-4-6-21(7-5-19)24(35)28-25-29-31-32-30-25/h4-11,18,20,31-32H,12-17H2,1-3H3,(H2,28,29,30,35). The number of nitrogens with zero attached hydrogens (tertiary/aromatic N) is 3. The van der Waals surface area contributed by atoms with Crippen molar-refractivity contribution in [1.82, 2.24) is 26.7 Å². The Morgan fingerprint density at radius 1 is 1.10 bits per heavy atom. The molecule has 2 aliphatic heterocycles. The van der Waals surface area contributed by atoms with Gasteiger partial charge in [-0.25, -0.2) is 18.7 Å². The van der Waals surface area contributed by atoms with Crippen molar-refractivity contribution in [3.63, 3.8) is 0 Å². The van der Waals surface area contributed by atoms with E-state index in [2.05, 4.69) is 40.8 Å². The number of sulfone groups is 1. The molecule has 11 nitrogen and oxygen atoms in total. The fraction of sp³-hybridized carbons (Fsp3) is 0.444. The molecule has 3 aliphatic rings. The Balaban J connectivity index is 1.37. The minimum atomic E-state index is -3.32. The van der Waals surface area contributed by atoms with Crippen LogP contribution in [0.15, 0.2) is 58.5 Å². The smallest absolute Gasteiger partial charge is 0.313 e. The van der Waals surface area contributed by atoms with Gasteiger partial charge in [0.25, 0.3) is 5.91 Å². The van der Waals surface area contributed by atoms with E-state index in [-0.39, 0.29) is 28.3 Å². The highest BCUT2D eigenvalue weighted by atomic mass is 32.2. The topological polar surface area (TPSA) is 135 Å². The quantitative estimate of drug-likeness (QED) is 0.432. The molecule has 2 fully saturated rings. The van der Waals surface area contributed by atoms with E-state index in [4.69, 9.17) is 0 Å². The normalized spacial score (nSPS) is 23.1. The van der Waals surface area contributed by atoms with Crippen molar-refractivity contribution in [3.8, 4) is 0 Å². The minimum absolute atomic E-state index is 0.0859. The molecule has 1 saturated carbocycles. The largest absolute Gasteiger partial charge is 0.325 e. The van der Waals surface area contributed by atoms with Gasteiger partial charge in [-0.3, -0.25) is 20.4 Å². The summed E-state index contributed by atoms with van der Waals surface area (Å²) in [7, 11) is -3.32. The maximum absolute atomic E-state index is 13.9. The second-order valence-electron chi connectivity index (χ2n) is 11.0. The molecule has 0 atom stereocenters. The summed E-state index contributed by atoms with van der Waals surface area (Å²) >= 11 is 0. The third-order valence-corrected chi connectivity index (χ3v) is 9.29. The summed E-state index contributed by atoms with van der Waals surface area (Å²) < 4.78 is 23.9. The molecule has 0 bridgehead atoms. The first-order valence-corrected chi connectivity index (χ1v) is 15.1. The van der Waals surface area contributed by atoms with E-state index in [9.17, 15) is 18.0 Å². The maximum atomic E-state index is 13.9. The van der Waals surface area contributed by atoms with Crippen molar-refractivity contribution in [2.24, 2.45) is 16.9 Å². The predicted molar refractivity (Wildman–Crippen MR) is 148 cm³/mol. The number of nitrogens with one attached hydrogen (secondary N) is 4. The molecule has 4 N–H and O–H groups in total. The first-order valence-electron chi connectivity index (χ1n) is 13.2. The number of benzene rings is 2. The third-order valence-electron chi connectivity index (χ3n) is 8.16. The van der Waals surface area contributed by atoms with Crippen LogP contribution in [0.2, 0.25) is 0 Å². The average molecular weight is 554 g/mol. The van der Waals surface area contributed by atoms with E-state index in [0.717, 1.165) is 31.2 Å². The highest BCUT2D eigenvalue weighted by molar-refractivity contribution is 7.90. The van der Waals surface area contributed by atoms with Gasteiger partial charge in [-0.05, 0) is 79.5 Å². The number of amides is 3. The van der Waals surface area contributed by atoms with Crippen LogP contribution < -0.4 is 26.7 Å². The van der Waals surface area contributed by atoms with Crippen LogP contribution in [0.25, 0.3) is 0 Å². The van der Waals surface area contributed by atoms with E-state index in [1.54, 1.807) is 41.3 Å². The second-order valence-corrected chi connectivity index (χ2v) is 13.0. The van der Waals surface area contributed by atoms with Crippen molar-refractivity contribution in [2.45, 2.75) is 56.5 Å². The lowest BCUT2D eigenvalue weighted by Crippen LogP contribution is -2.49. The Hall–Kier alpha value is -3.64.